The van der Waals surface area contributed by atoms with Gasteiger partial charge in [0.2, 0.25) is 0 Å². The summed E-state index contributed by atoms with van der Waals surface area (Å²) in [4.78, 5) is 1.38. The second-order valence-electron chi connectivity index (χ2n) is 5.56. The molecule has 3 unspecified atom stereocenters. The van der Waals surface area contributed by atoms with Gasteiger partial charge in [-0.3, -0.25) is 0 Å². The van der Waals surface area contributed by atoms with Crippen LogP contribution in [-0.4, -0.2) is 16.9 Å². The Morgan fingerprint density at radius 1 is 1.33 bits per heavy atom. The Morgan fingerprint density at radius 3 is 3.00 bits per heavy atom. The molecular formula is C17H21NO2S. The number of aliphatic hydroxyl groups is 1. The molecule has 1 aromatic carbocycles. The first-order chi connectivity index (χ1) is 10.2. The smallest absolute Gasteiger partial charge is 0.132 e. The fourth-order valence-electron chi connectivity index (χ4n) is 2.86. The fraction of sp³-hybridized carbons (Fsp3) is 0.412. The van der Waals surface area contributed by atoms with E-state index in [-0.39, 0.29) is 6.04 Å². The van der Waals surface area contributed by atoms with Crippen LogP contribution >= 0.6 is 11.8 Å². The van der Waals surface area contributed by atoms with Crippen molar-refractivity contribution in [2.75, 3.05) is 5.75 Å². The van der Waals surface area contributed by atoms with Gasteiger partial charge in [0.05, 0.1) is 6.26 Å². The average Bonchev–Trinajstić information content (AvgIpc) is 3.02. The maximum atomic E-state index is 10.2. The predicted molar refractivity (Wildman–Crippen MR) is 85.4 cm³/mol. The van der Waals surface area contributed by atoms with Crippen molar-refractivity contribution < 1.29 is 9.52 Å². The normalized spacial score (nSPS) is 20.8. The molecule has 2 aromatic rings. The van der Waals surface area contributed by atoms with Gasteiger partial charge in [-0.05, 0) is 49.3 Å². The van der Waals surface area contributed by atoms with Crippen molar-refractivity contribution in [2.45, 2.75) is 42.8 Å². The number of hydrogen-bond acceptors (Lipinski definition) is 4. The van der Waals surface area contributed by atoms with E-state index >= 15 is 0 Å². The number of aliphatic hydroxyl groups excluding tert-OH is 1. The van der Waals surface area contributed by atoms with Crippen molar-refractivity contribution in [2.24, 2.45) is 0 Å². The van der Waals surface area contributed by atoms with Gasteiger partial charge in [0.25, 0.3) is 0 Å². The Labute approximate surface area is 129 Å². The topological polar surface area (TPSA) is 45.4 Å². The van der Waals surface area contributed by atoms with Crippen LogP contribution in [0.25, 0.3) is 0 Å². The number of benzene rings is 1. The number of rotatable bonds is 5. The Bertz CT molecular complexity index is 570. The first-order valence-corrected chi connectivity index (χ1v) is 8.42. The van der Waals surface area contributed by atoms with Gasteiger partial charge in [0.1, 0.15) is 11.9 Å². The first kappa shape index (κ1) is 14.7. The summed E-state index contributed by atoms with van der Waals surface area (Å²) in [5.41, 5.74) is 1.38. The van der Waals surface area contributed by atoms with Crippen molar-refractivity contribution in [1.82, 2.24) is 5.32 Å². The first-order valence-electron chi connectivity index (χ1n) is 7.43. The van der Waals surface area contributed by atoms with Crippen molar-refractivity contribution in [3.8, 4) is 0 Å². The molecule has 3 atom stereocenters. The van der Waals surface area contributed by atoms with Crippen LogP contribution in [0.4, 0.5) is 0 Å². The van der Waals surface area contributed by atoms with Gasteiger partial charge in [0, 0.05) is 17.0 Å². The summed E-state index contributed by atoms with van der Waals surface area (Å²) in [5, 5.41) is 13.8. The van der Waals surface area contributed by atoms with E-state index in [1.165, 1.54) is 10.5 Å². The highest BCUT2D eigenvalue weighted by molar-refractivity contribution is 7.99. The van der Waals surface area contributed by atoms with E-state index in [0.29, 0.717) is 18.2 Å². The highest BCUT2D eigenvalue weighted by Crippen LogP contribution is 2.36. The maximum absolute atomic E-state index is 10.2. The number of furan rings is 1. The lowest BCUT2D eigenvalue weighted by Crippen LogP contribution is -2.33. The minimum atomic E-state index is -0.546. The number of hydrogen-bond donors (Lipinski definition) is 2. The molecule has 0 spiro atoms. The van der Waals surface area contributed by atoms with E-state index in [9.17, 15) is 5.11 Å². The Hall–Kier alpha value is -1.23. The van der Waals surface area contributed by atoms with Crippen LogP contribution in [0.15, 0.2) is 52.0 Å². The van der Waals surface area contributed by atoms with E-state index < -0.39 is 6.10 Å². The van der Waals surface area contributed by atoms with Gasteiger partial charge in [-0.15, -0.1) is 11.8 Å². The molecule has 4 heteroatoms. The van der Waals surface area contributed by atoms with Crippen molar-refractivity contribution >= 4 is 11.8 Å². The van der Waals surface area contributed by atoms with E-state index in [2.05, 4.69) is 36.5 Å². The Kier molecular flexibility index (Phi) is 4.68. The van der Waals surface area contributed by atoms with Gasteiger partial charge >= 0.3 is 0 Å². The number of thioether (sulfide) groups is 1. The zero-order valence-corrected chi connectivity index (χ0v) is 13.0. The minimum absolute atomic E-state index is 0.228. The molecule has 2 N–H and O–H groups in total. The van der Waals surface area contributed by atoms with Crippen molar-refractivity contribution in [1.29, 1.82) is 0 Å². The zero-order valence-electron chi connectivity index (χ0n) is 12.2. The van der Waals surface area contributed by atoms with E-state index in [0.717, 1.165) is 12.2 Å². The highest BCUT2D eigenvalue weighted by Gasteiger charge is 2.23. The molecule has 0 amide bonds. The monoisotopic (exact) mass is 303 g/mol. The molecule has 0 saturated heterocycles. The quantitative estimate of drug-likeness (QED) is 0.879. The van der Waals surface area contributed by atoms with Gasteiger partial charge in [0.15, 0.2) is 0 Å². The van der Waals surface area contributed by atoms with Gasteiger partial charge in [-0.1, -0.05) is 18.2 Å². The summed E-state index contributed by atoms with van der Waals surface area (Å²) >= 11 is 1.93. The number of nitrogens with one attached hydrogen (secondary N) is 1. The molecule has 3 rings (SSSR count). The van der Waals surface area contributed by atoms with Gasteiger partial charge < -0.3 is 14.8 Å². The molecule has 1 aliphatic rings. The molecule has 21 heavy (non-hydrogen) atoms. The lowest BCUT2D eigenvalue weighted by molar-refractivity contribution is 0.126. The predicted octanol–water partition coefficient (Wildman–Crippen LogP) is 3.92. The van der Waals surface area contributed by atoms with Crippen LogP contribution in [-0.2, 0) is 0 Å². The third kappa shape index (κ3) is 3.51. The van der Waals surface area contributed by atoms with E-state index in [1.54, 1.807) is 6.26 Å². The molecule has 1 aromatic heterocycles. The van der Waals surface area contributed by atoms with Crippen LogP contribution in [0, 0.1) is 0 Å². The van der Waals surface area contributed by atoms with Crippen molar-refractivity contribution in [3.63, 3.8) is 0 Å². The second kappa shape index (κ2) is 6.69. The Balaban J connectivity index is 1.62. The molecule has 0 bridgehead atoms. The summed E-state index contributed by atoms with van der Waals surface area (Å²) in [6.07, 6.45) is 2.84. The molecule has 0 saturated carbocycles. The minimum Gasteiger partial charge on any atom is -0.467 e. The summed E-state index contributed by atoms with van der Waals surface area (Å²) in [6, 6.07) is 12.8. The summed E-state index contributed by atoms with van der Waals surface area (Å²) in [5.74, 6) is 1.78. The van der Waals surface area contributed by atoms with E-state index in [1.807, 2.05) is 23.9 Å². The van der Waals surface area contributed by atoms with Crippen LogP contribution in [0.5, 0.6) is 0 Å². The molecule has 3 nitrogen and oxygen atoms in total. The lowest BCUT2D eigenvalue weighted by atomic mass is 10.0. The summed E-state index contributed by atoms with van der Waals surface area (Å²) < 4.78 is 5.26. The standard InChI is InChI=1S/C17H21NO2S/c1-12(11-15(19)16-6-4-9-20-16)18-14-8-10-21-17-7-3-2-5-13(14)17/h2-7,9,12,14-15,18-19H,8,10-11H2,1H3. The SMILES string of the molecule is CC(CC(O)c1ccco1)NC1CCSc2ccccc21. The Morgan fingerprint density at radius 2 is 2.19 bits per heavy atom. The largest absolute Gasteiger partial charge is 0.467 e. The fourth-order valence-corrected chi connectivity index (χ4v) is 3.98. The van der Waals surface area contributed by atoms with Gasteiger partial charge in [-0.25, -0.2) is 0 Å². The number of fused-ring (bicyclic) bond motifs is 1. The molecule has 112 valence electrons. The molecule has 0 radical (unpaired) electrons. The van der Waals surface area contributed by atoms with Crippen LogP contribution in [0.2, 0.25) is 0 Å². The summed E-state index contributed by atoms with van der Waals surface area (Å²) in [7, 11) is 0. The molecular weight excluding hydrogens is 282 g/mol. The van der Waals surface area contributed by atoms with Gasteiger partial charge in [-0.2, -0.15) is 0 Å². The van der Waals surface area contributed by atoms with Crippen LogP contribution in [0.1, 0.15) is 43.2 Å². The molecule has 0 aliphatic carbocycles. The second-order valence-corrected chi connectivity index (χ2v) is 6.70. The lowest BCUT2D eigenvalue weighted by Gasteiger charge is -2.29. The van der Waals surface area contributed by atoms with E-state index in [4.69, 9.17) is 4.42 Å². The molecule has 2 heterocycles. The third-order valence-electron chi connectivity index (χ3n) is 3.89. The highest BCUT2D eigenvalue weighted by atomic mass is 32.2. The van der Waals surface area contributed by atoms with Crippen LogP contribution < -0.4 is 5.32 Å². The average molecular weight is 303 g/mol. The van der Waals surface area contributed by atoms with Crippen molar-refractivity contribution in [3.05, 3.63) is 54.0 Å². The maximum Gasteiger partial charge on any atom is 0.132 e. The zero-order chi connectivity index (χ0) is 14.7. The third-order valence-corrected chi connectivity index (χ3v) is 5.02. The molecule has 0 fully saturated rings. The van der Waals surface area contributed by atoms with Crippen LogP contribution in [0.3, 0.4) is 0 Å². The summed E-state index contributed by atoms with van der Waals surface area (Å²) in [6.45, 7) is 2.12. The molecule has 1 aliphatic heterocycles.